The molecule has 1 aliphatic carbocycles. The highest BCUT2D eigenvalue weighted by Gasteiger charge is 2.37. The molecule has 0 aromatic carbocycles. The third-order valence-electron chi connectivity index (χ3n) is 3.55. The molecule has 0 amide bonds. The van der Waals surface area contributed by atoms with E-state index in [1.807, 2.05) is 6.92 Å². The van der Waals surface area contributed by atoms with Gasteiger partial charge in [-0.2, -0.15) is 0 Å². The normalized spacial score (nSPS) is 21.6. The quantitative estimate of drug-likeness (QED) is 0.728. The summed E-state index contributed by atoms with van der Waals surface area (Å²) >= 11 is 0. The lowest BCUT2D eigenvalue weighted by Gasteiger charge is -2.34. The van der Waals surface area contributed by atoms with E-state index in [9.17, 15) is 8.78 Å². The lowest BCUT2D eigenvalue weighted by Crippen LogP contribution is -2.39. The van der Waals surface area contributed by atoms with Crippen LogP contribution in [0.2, 0.25) is 0 Å². The van der Waals surface area contributed by atoms with Crippen LogP contribution in [-0.2, 0) is 0 Å². The van der Waals surface area contributed by atoms with E-state index in [4.69, 9.17) is 0 Å². The predicted octanol–water partition coefficient (Wildman–Crippen LogP) is 3.59. The van der Waals surface area contributed by atoms with Gasteiger partial charge in [0.1, 0.15) is 0 Å². The minimum atomic E-state index is -2.42. The van der Waals surface area contributed by atoms with Gasteiger partial charge in [0.2, 0.25) is 5.92 Å². The highest BCUT2D eigenvalue weighted by Crippen LogP contribution is 2.38. The van der Waals surface area contributed by atoms with Gasteiger partial charge in [0.15, 0.2) is 0 Å². The Hall–Kier alpha value is -0.620. The van der Waals surface area contributed by atoms with E-state index in [1.54, 1.807) is 0 Å². The second-order valence-corrected chi connectivity index (χ2v) is 4.82. The second kappa shape index (κ2) is 6.96. The lowest BCUT2D eigenvalue weighted by atomic mass is 9.80. The van der Waals surface area contributed by atoms with Gasteiger partial charge in [-0.1, -0.05) is 6.92 Å². The Balaban J connectivity index is 2.43. The summed E-state index contributed by atoms with van der Waals surface area (Å²) in [4.78, 5) is 0. The fourth-order valence-electron chi connectivity index (χ4n) is 2.58. The van der Waals surface area contributed by atoms with Gasteiger partial charge in [0.25, 0.3) is 0 Å². The van der Waals surface area contributed by atoms with Crippen molar-refractivity contribution in [2.45, 2.75) is 64.3 Å². The number of hydrogen-bond acceptors (Lipinski definition) is 1. The first kappa shape index (κ1) is 14.4. The summed E-state index contributed by atoms with van der Waals surface area (Å²) in [6.45, 7) is 4.80. The predicted molar refractivity (Wildman–Crippen MR) is 67.1 cm³/mol. The van der Waals surface area contributed by atoms with E-state index in [0.29, 0.717) is 24.8 Å². The summed E-state index contributed by atoms with van der Waals surface area (Å²) in [6, 6.07) is 0.358. The highest BCUT2D eigenvalue weighted by atomic mass is 19.3. The first-order chi connectivity index (χ1) is 8.09. The van der Waals surface area contributed by atoms with Crippen LogP contribution in [0.4, 0.5) is 8.78 Å². The average molecular weight is 243 g/mol. The molecule has 0 bridgehead atoms. The van der Waals surface area contributed by atoms with Crippen molar-refractivity contribution >= 4 is 0 Å². The van der Waals surface area contributed by atoms with Crippen molar-refractivity contribution in [3.63, 3.8) is 0 Å². The van der Waals surface area contributed by atoms with Gasteiger partial charge in [-0.15, -0.1) is 11.8 Å². The molecule has 0 spiro atoms. The first-order valence-corrected chi connectivity index (χ1v) is 6.60. The van der Waals surface area contributed by atoms with Crippen LogP contribution < -0.4 is 5.32 Å². The van der Waals surface area contributed by atoms with Crippen LogP contribution in [0, 0.1) is 17.8 Å². The van der Waals surface area contributed by atoms with Crippen LogP contribution in [0.15, 0.2) is 0 Å². The smallest absolute Gasteiger partial charge is 0.248 e. The fourth-order valence-corrected chi connectivity index (χ4v) is 2.58. The first-order valence-electron chi connectivity index (χ1n) is 6.60. The van der Waals surface area contributed by atoms with Gasteiger partial charge in [-0.25, -0.2) is 8.78 Å². The number of alkyl halides is 2. The van der Waals surface area contributed by atoms with Crippen LogP contribution in [0.25, 0.3) is 0 Å². The van der Waals surface area contributed by atoms with Crippen molar-refractivity contribution in [1.29, 1.82) is 0 Å². The maximum absolute atomic E-state index is 13.1. The molecule has 0 heterocycles. The topological polar surface area (TPSA) is 12.0 Å². The Morgan fingerprint density at radius 2 is 2.00 bits per heavy atom. The number of rotatable bonds is 5. The Morgan fingerprint density at radius 1 is 1.35 bits per heavy atom. The minimum absolute atomic E-state index is 0.0546. The zero-order valence-corrected chi connectivity index (χ0v) is 10.9. The molecular formula is C14H23F2N. The van der Waals surface area contributed by atoms with Crippen LogP contribution in [0.5, 0.6) is 0 Å². The van der Waals surface area contributed by atoms with Gasteiger partial charge in [0, 0.05) is 25.3 Å². The van der Waals surface area contributed by atoms with Crippen LogP contribution in [-0.4, -0.2) is 18.5 Å². The molecule has 1 nitrogen and oxygen atoms in total. The Morgan fingerprint density at radius 3 is 2.53 bits per heavy atom. The molecule has 0 aromatic rings. The van der Waals surface area contributed by atoms with Crippen molar-refractivity contribution < 1.29 is 8.78 Å². The fraction of sp³-hybridized carbons (Fsp3) is 0.857. The summed E-state index contributed by atoms with van der Waals surface area (Å²) in [5.41, 5.74) is 0. The van der Waals surface area contributed by atoms with E-state index in [1.165, 1.54) is 0 Å². The summed E-state index contributed by atoms with van der Waals surface area (Å²) in [5, 5.41) is 3.43. The summed E-state index contributed by atoms with van der Waals surface area (Å²) in [6.07, 6.45) is 3.23. The molecule has 1 saturated carbocycles. The molecule has 1 atom stereocenters. The Bertz CT molecular complexity index is 268. The monoisotopic (exact) mass is 243 g/mol. The SMILES string of the molecule is CC#CCCC(NCC)C1CCC(F)(F)CC1. The molecule has 3 heteroatoms. The van der Waals surface area contributed by atoms with E-state index in [2.05, 4.69) is 24.1 Å². The van der Waals surface area contributed by atoms with E-state index in [0.717, 1.165) is 19.4 Å². The molecule has 1 unspecified atom stereocenters. The third-order valence-corrected chi connectivity index (χ3v) is 3.55. The van der Waals surface area contributed by atoms with E-state index in [-0.39, 0.29) is 12.8 Å². The van der Waals surface area contributed by atoms with E-state index >= 15 is 0 Å². The van der Waals surface area contributed by atoms with Crippen molar-refractivity contribution in [2.24, 2.45) is 5.92 Å². The maximum Gasteiger partial charge on any atom is 0.248 e. The van der Waals surface area contributed by atoms with Gasteiger partial charge in [-0.3, -0.25) is 0 Å². The van der Waals surface area contributed by atoms with Crippen molar-refractivity contribution in [1.82, 2.24) is 5.32 Å². The molecule has 0 radical (unpaired) electrons. The Kier molecular flexibility index (Phi) is 5.91. The zero-order chi connectivity index (χ0) is 12.7. The molecule has 0 saturated heterocycles. The zero-order valence-electron chi connectivity index (χ0n) is 10.9. The van der Waals surface area contributed by atoms with Crippen LogP contribution in [0.3, 0.4) is 0 Å². The summed E-state index contributed by atoms with van der Waals surface area (Å²) in [5.74, 6) is 3.91. The molecule has 0 aliphatic heterocycles. The molecule has 0 aromatic heterocycles. The van der Waals surface area contributed by atoms with Gasteiger partial charge < -0.3 is 5.32 Å². The minimum Gasteiger partial charge on any atom is -0.314 e. The van der Waals surface area contributed by atoms with Crippen LogP contribution in [0.1, 0.15) is 52.4 Å². The second-order valence-electron chi connectivity index (χ2n) is 4.82. The van der Waals surface area contributed by atoms with Gasteiger partial charge in [-0.05, 0) is 38.6 Å². The van der Waals surface area contributed by atoms with Crippen molar-refractivity contribution in [2.75, 3.05) is 6.54 Å². The van der Waals surface area contributed by atoms with Crippen molar-refractivity contribution in [3.8, 4) is 11.8 Å². The van der Waals surface area contributed by atoms with Crippen LogP contribution >= 0.6 is 0 Å². The maximum atomic E-state index is 13.1. The average Bonchev–Trinajstić information content (AvgIpc) is 2.28. The highest BCUT2D eigenvalue weighted by molar-refractivity contribution is 4.96. The molecule has 1 rings (SSSR count). The molecule has 1 fully saturated rings. The molecule has 98 valence electrons. The number of halogens is 2. The molecule has 1 aliphatic rings. The van der Waals surface area contributed by atoms with Crippen molar-refractivity contribution in [3.05, 3.63) is 0 Å². The summed E-state index contributed by atoms with van der Waals surface area (Å²) in [7, 11) is 0. The largest absolute Gasteiger partial charge is 0.314 e. The lowest BCUT2D eigenvalue weighted by molar-refractivity contribution is -0.0497. The number of hydrogen-bond donors (Lipinski definition) is 1. The standard InChI is InChI=1S/C14H23F2N/c1-3-5-6-7-13(17-4-2)12-8-10-14(15,16)11-9-12/h12-13,17H,4,6-11H2,1-2H3. The van der Waals surface area contributed by atoms with Gasteiger partial charge in [0.05, 0.1) is 0 Å². The van der Waals surface area contributed by atoms with E-state index < -0.39 is 5.92 Å². The molecule has 1 N–H and O–H groups in total. The third kappa shape index (κ3) is 5.04. The molecular weight excluding hydrogens is 220 g/mol. The summed E-state index contributed by atoms with van der Waals surface area (Å²) < 4.78 is 26.2. The molecule has 17 heavy (non-hydrogen) atoms. The van der Waals surface area contributed by atoms with Gasteiger partial charge >= 0.3 is 0 Å². The number of nitrogens with one attached hydrogen (secondary N) is 1. The Labute approximate surface area is 103 Å².